The first kappa shape index (κ1) is 18.7. The zero-order chi connectivity index (χ0) is 18.6. The second kappa shape index (κ2) is 8.05. The van der Waals surface area contributed by atoms with E-state index in [-0.39, 0.29) is 5.91 Å². The molecule has 1 saturated heterocycles. The first-order valence-corrected chi connectivity index (χ1v) is 9.72. The Morgan fingerprint density at radius 2 is 1.42 bits per heavy atom. The van der Waals surface area contributed by atoms with Gasteiger partial charge in [-0.05, 0) is 44.2 Å². The molecule has 26 heavy (non-hydrogen) atoms. The van der Waals surface area contributed by atoms with Crippen molar-refractivity contribution in [3.63, 3.8) is 0 Å². The van der Waals surface area contributed by atoms with Crippen molar-refractivity contribution in [1.82, 2.24) is 4.90 Å². The van der Waals surface area contributed by atoms with Crippen molar-refractivity contribution in [3.05, 3.63) is 71.8 Å². The van der Waals surface area contributed by atoms with Gasteiger partial charge in [-0.2, -0.15) is 0 Å². The molecule has 2 aromatic rings. The molecule has 2 aromatic carbocycles. The quantitative estimate of drug-likeness (QED) is 0.852. The van der Waals surface area contributed by atoms with E-state index in [9.17, 15) is 4.79 Å². The van der Waals surface area contributed by atoms with E-state index in [0.29, 0.717) is 18.5 Å². The minimum atomic E-state index is -0.792. The number of carbonyl (C=O) groups excluding carboxylic acids is 1. The summed E-state index contributed by atoms with van der Waals surface area (Å²) in [4.78, 5) is 15.4. The van der Waals surface area contributed by atoms with Gasteiger partial charge in [0.25, 0.3) is 0 Å². The van der Waals surface area contributed by atoms with Crippen LogP contribution in [0.1, 0.15) is 50.7 Å². The second-order valence-corrected chi connectivity index (χ2v) is 7.62. The summed E-state index contributed by atoms with van der Waals surface area (Å²) in [7, 11) is 0. The van der Waals surface area contributed by atoms with Crippen molar-refractivity contribution in [3.8, 4) is 0 Å². The van der Waals surface area contributed by atoms with E-state index >= 15 is 0 Å². The number of benzene rings is 2. The van der Waals surface area contributed by atoms with Crippen LogP contribution >= 0.6 is 0 Å². The van der Waals surface area contributed by atoms with Gasteiger partial charge in [0.2, 0.25) is 5.91 Å². The van der Waals surface area contributed by atoms with E-state index < -0.39 is 5.41 Å². The van der Waals surface area contributed by atoms with Gasteiger partial charge in [0.05, 0.1) is 5.41 Å². The van der Waals surface area contributed by atoms with Crippen LogP contribution < -0.4 is 5.73 Å². The maximum absolute atomic E-state index is 12.9. The number of primary amides is 1. The molecule has 1 amide bonds. The Morgan fingerprint density at radius 1 is 0.962 bits per heavy atom. The van der Waals surface area contributed by atoms with Gasteiger partial charge in [0.1, 0.15) is 0 Å². The molecule has 1 aliphatic rings. The number of amides is 1. The van der Waals surface area contributed by atoms with Crippen LogP contribution in [0, 0.1) is 0 Å². The van der Waals surface area contributed by atoms with E-state index in [4.69, 9.17) is 5.73 Å². The molecule has 3 rings (SSSR count). The normalized spacial score (nSPS) is 21.5. The highest BCUT2D eigenvalue weighted by Gasteiger charge is 2.41. The van der Waals surface area contributed by atoms with Gasteiger partial charge >= 0.3 is 0 Å². The van der Waals surface area contributed by atoms with Gasteiger partial charge in [-0.25, -0.2) is 0 Å². The van der Waals surface area contributed by atoms with Crippen LogP contribution in [0.3, 0.4) is 0 Å². The van der Waals surface area contributed by atoms with Crippen LogP contribution in [0.15, 0.2) is 60.7 Å². The summed E-state index contributed by atoms with van der Waals surface area (Å²) in [6, 6.07) is 21.1. The van der Waals surface area contributed by atoms with E-state index in [0.717, 1.165) is 17.7 Å². The van der Waals surface area contributed by atoms with Crippen LogP contribution in [-0.2, 0) is 10.2 Å². The Kier molecular flexibility index (Phi) is 5.77. The fraction of sp³-hybridized carbons (Fsp3) is 0.435. The average molecular weight is 351 g/mol. The molecular weight excluding hydrogens is 320 g/mol. The van der Waals surface area contributed by atoms with E-state index in [1.165, 1.54) is 19.3 Å². The summed E-state index contributed by atoms with van der Waals surface area (Å²) in [6.07, 6.45) is 4.44. The smallest absolute Gasteiger partial charge is 0.232 e. The molecule has 2 atom stereocenters. The van der Waals surface area contributed by atoms with Gasteiger partial charge in [-0.1, -0.05) is 67.1 Å². The molecular formula is C23H30N2O. The maximum atomic E-state index is 12.9. The largest absolute Gasteiger partial charge is 0.369 e. The molecule has 0 aliphatic carbocycles. The van der Waals surface area contributed by atoms with Gasteiger partial charge in [-0.3, -0.25) is 9.69 Å². The lowest BCUT2D eigenvalue weighted by Gasteiger charge is -2.41. The van der Waals surface area contributed by atoms with Crippen LogP contribution in [0.25, 0.3) is 0 Å². The van der Waals surface area contributed by atoms with Crippen LogP contribution in [0.2, 0.25) is 0 Å². The van der Waals surface area contributed by atoms with Crippen LogP contribution in [-0.4, -0.2) is 29.4 Å². The number of hydrogen-bond donors (Lipinski definition) is 1. The lowest BCUT2D eigenvalue weighted by molar-refractivity contribution is -0.122. The number of rotatable bonds is 6. The molecule has 0 unspecified atom stereocenters. The van der Waals surface area contributed by atoms with Crippen molar-refractivity contribution < 1.29 is 4.79 Å². The highest BCUT2D eigenvalue weighted by molar-refractivity contribution is 5.90. The second-order valence-electron chi connectivity index (χ2n) is 7.62. The molecule has 1 heterocycles. The van der Waals surface area contributed by atoms with Gasteiger partial charge < -0.3 is 5.73 Å². The maximum Gasteiger partial charge on any atom is 0.232 e. The fourth-order valence-corrected chi connectivity index (χ4v) is 4.52. The third-order valence-electron chi connectivity index (χ3n) is 6.07. The SMILES string of the molecule is C[C@@H]1CCC[C@H](C)N1CCC(C(N)=O)(c1ccccc1)c1ccccc1. The predicted molar refractivity (Wildman–Crippen MR) is 107 cm³/mol. The topological polar surface area (TPSA) is 46.3 Å². The van der Waals surface area contributed by atoms with Crippen LogP contribution in [0.5, 0.6) is 0 Å². The summed E-state index contributed by atoms with van der Waals surface area (Å²) >= 11 is 0. The monoisotopic (exact) mass is 350 g/mol. The molecule has 0 saturated carbocycles. The Morgan fingerprint density at radius 3 is 1.85 bits per heavy atom. The lowest BCUT2D eigenvalue weighted by Crippen LogP contribution is -2.49. The predicted octanol–water partition coefficient (Wildman–Crippen LogP) is 4.11. The number of hydrogen-bond acceptors (Lipinski definition) is 2. The van der Waals surface area contributed by atoms with Crippen molar-refractivity contribution in [2.24, 2.45) is 5.73 Å². The molecule has 1 aliphatic heterocycles. The summed E-state index contributed by atoms with van der Waals surface area (Å²) in [5, 5.41) is 0. The van der Waals surface area contributed by atoms with Gasteiger partial charge in [0, 0.05) is 18.6 Å². The first-order chi connectivity index (χ1) is 12.6. The zero-order valence-corrected chi connectivity index (χ0v) is 15.9. The fourth-order valence-electron chi connectivity index (χ4n) is 4.52. The summed E-state index contributed by atoms with van der Waals surface area (Å²) in [6.45, 7) is 5.47. The zero-order valence-electron chi connectivity index (χ0n) is 15.9. The molecule has 1 fully saturated rings. The molecule has 0 radical (unpaired) electrons. The molecule has 3 nitrogen and oxygen atoms in total. The average Bonchev–Trinajstić information content (AvgIpc) is 2.66. The van der Waals surface area contributed by atoms with E-state index in [2.05, 4.69) is 18.7 Å². The van der Waals surface area contributed by atoms with Crippen molar-refractivity contribution in [2.45, 2.75) is 57.0 Å². The number of likely N-dealkylation sites (tertiary alicyclic amines) is 1. The van der Waals surface area contributed by atoms with E-state index in [1.807, 2.05) is 60.7 Å². The van der Waals surface area contributed by atoms with Gasteiger partial charge in [0.15, 0.2) is 0 Å². The molecule has 0 bridgehead atoms. The van der Waals surface area contributed by atoms with Crippen molar-refractivity contribution in [2.75, 3.05) is 6.54 Å². The number of carbonyl (C=O) groups is 1. The van der Waals surface area contributed by atoms with Crippen molar-refractivity contribution >= 4 is 5.91 Å². The minimum absolute atomic E-state index is 0.271. The number of nitrogens with two attached hydrogens (primary N) is 1. The third kappa shape index (κ3) is 3.54. The summed E-state index contributed by atoms with van der Waals surface area (Å²) in [5.41, 5.74) is 7.24. The lowest BCUT2D eigenvalue weighted by atomic mass is 9.71. The highest BCUT2D eigenvalue weighted by atomic mass is 16.1. The number of nitrogens with zero attached hydrogens (tertiary/aromatic N) is 1. The molecule has 0 aromatic heterocycles. The number of piperidine rings is 1. The minimum Gasteiger partial charge on any atom is -0.369 e. The third-order valence-corrected chi connectivity index (χ3v) is 6.07. The standard InChI is InChI=1S/C23H30N2O/c1-18-10-9-11-19(2)25(18)17-16-23(22(24)26,20-12-5-3-6-13-20)21-14-7-4-8-15-21/h3-8,12-15,18-19H,9-11,16-17H2,1-2H3,(H2,24,26)/t18-,19+. The molecule has 2 N–H and O–H groups in total. The summed E-state index contributed by atoms with van der Waals surface area (Å²) < 4.78 is 0. The Bertz CT molecular complexity index is 664. The summed E-state index contributed by atoms with van der Waals surface area (Å²) in [5.74, 6) is -0.271. The Balaban J connectivity index is 1.99. The van der Waals surface area contributed by atoms with Crippen LogP contribution in [0.4, 0.5) is 0 Å². The van der Waals surface area contributed by atoms with Gasteiger partial charge in [-0.15, -0.1) is 0 Å². The van der Waals surface area contributed by atoms with Crippen molar-refractivity contribution in [1.29, 1.82) is 0 Å². The Labute approximate surface area is 157 Å². The molecule has 138 valence electrons. The Hall–Kier alpha value is -2.13. The highest BCUT2D eigenvalue weighted by Crippen LogP contribution is 2.37. The molecule has 0 spiro atoms. The van der Waals surface area contributed by atoms with E-state index in [1.54, 1.807) is 0 Å². The molecule has 3 heteroatoms. The first-order valence-electron chi connectivity index (χ1n) is 9.72.